The van der Waals surface area contributed by atoms with Gasteiger partial charge in [0.1, 0.15) is 28.9 Å². The van der Waals surface area contributed by atoms with Crippen LogP contribution in [0.4, 0.5) is 32.2 Å². The van der Waals surface area contributed by atoms with Crippen LogP contribution in [0.2, 0.25) is 0 Å². The third kappa shape index (κ3) is 4.75. The van der Waals surface area contributed by atoms with Crippen LogP contribution in [-0.2, 0) is 0 Å². The maximum Gasteiger partial charge on any atom is 0.408 e. The zero-order valence-corrected chi connectivity index (χ0v) is 19.0. The number of aliphatic hydroxyl groups excluding tert-OH is 1. The maximum atomic E-state index is 14.8. The molecule has 7 nitrogen and oxygen atoms in total. The van der Waals surface area contributed by atoms with E-state index in [1.165, 1.54) is 12.1 Å². The monoisotopic (exact) mass is 526 g/mol. The smallest absolute Gasteiger partial charge is 0.391 e. The molecule has 1 amide bonds. The van der Waals surface area contributed by atoms with Gasteiger partial charge < -0.3 is 15.3 Å². The Bertz CT molecular complexity index is 1430. The number of rotatable bonds is 5. The molecule has 2 N–H and O–H groups in total. The van der Waals surface area contributed by atoms with E-state index in [9.17, 15) is 41.0 Å². The minimum absolute atomic E-state index is 0.211. The number of carbonyl (C=O) groups excluding carboxylic acids is 1. The fourth-order valence-corrected chi connectivity index (χ4v) is 4.53. The maximum absolute atomic E-state index is 14.8. The molecule has 0 spiro atoms. The molecule has 37 heavy (non-hydrogen) atoms. The second-order valence-corrected chi connectivity index (χ2v) is 9.22. The highest BCUT2D eigenvalue weighted by Crippen LogP contribution is 2.40. The Morgan fingerprint density at radius 3 is 2.35 bits per heavy atom. The van der Waals surface area contributed by atoms with Crippen molar-refractivity contribution in [1.82, 2.24) is 14.9 Å². The Morgan fingerprint density at radius 1 is 1.11 bits per heavy atom. The first kappa shape index (κ1) is 25.1. The molecule has 3 aromatic rings. The Hall–Kier alpha value is -3.61. The van der Waals surface area contributed by atoms with Crippen LogP contribution in [0.5, 0.6) is 0 Å². The summed E-state index contributed by atoms with van der Waals surface area (Å²) >= 11 is 0. The number of benzene rings is 1. The van der Waals surface area contributed by atoms with E-state index in [1.54, 1.807) is 4.90 Å². The van der Waals surface area contributed by atoms with Crippen LogP contribution in [0.25, 0.3) is 16.7 Å². The first-order valence-corrected chi connectivity index (χ1v) is 11.5. The lowest BCUT2D eigenvalue weighted by Gasteiger charge is -2.22. The Labute approximate surface area is 205 Å². The van der Waals surface area contributed by atoms with Crippen molar-refractivity contribution in [3.63, 3.8) is 0 Å². The number of anilines is 1. The van der Waals surface area contributed by atoms with Crippen molar-refractivity contribution >= 4 is 22.8 Å². The number of halogens is 6. The summed E-state index contributed by atoms with van der Waals surface area (Å²) in [6.07, 6.45) is -3.76. The fraction of sp³-hybridized carbons (Fsp3) is 0.375. The zero-order valence-electron chi connectivity index (χ0n) is 19.0. The highest BCUT2D eigenvalue weighted by Gasteiger charge is 2.50. The second kappa shape index (κ2) is 9.05. The summed E-state index contributed by atoms with van der Waals surface area (Å²) in [5.41, 5.74) is -2.97. The van der Waals surface area contributed by atoms with E-state index in [-0.39, 0.29) is 36.2 Å². The van der Waals surface area contributed by atoms with Gasteiger partial charge in [-0.05, 0) is 37.3 Å². The van der Waals surface area contributed by atoms with Gasteiger partial charge in [0, 0.05) is 31.4 Å². The standard InChI is InChI=1S/C24H20F6N4O3/c25-12-7-16(26)19(17(27)8-12)34-10-15(23(37)32-21(11-1-2-11)24(28,29)30)20(36)14-3-4-18(31-22(14)34)33-6-5-13(35)9-33/h3-4,7-8,10-11,13,21,35H,1-2,5-6,9H2,(H,32,37). The van der Waals surface area contributed by atoms with Gasteiger partial charge in [-0.15, -0.1) is 0 Å². The van der Waals surface area contributed by atoms with Crippen molar-refractivity contribution in [3.8, 4) is 5.69 Å². The fourth-order valence-electron chi connectivity index (χ4n) is 4.53. The van der Waals surface area contributed by atoms with Gasteiger partial charge in [-0.1, -0.05) is 0 Å². The van der Waals surface area contributed by atoms with Crippen LogP contribution in [0, 0.1) is 23.4 Å². The third-order valence-electron chi connectivity index (χ3n) is 6.52. The Kier molecular flexibility index (Phi) is 6.13. The van der Waals surface area contributed by atoms with Crippen molar-refractivity contribution in [2.24, 2.45) is 5.92 Å². The van der Waals surface area contributed by atoms with E-state index in [4.69, 9.17) is 0 Å². The number of hydrogen-bond donors (Lipinski definition) is 2. The first-order chi connectivity index (χ1) is 17.4. The van der Waals surface area contributed by atoms with Crippen LogP contribution in [0.15, 0.2) is 35.3 Å². The molecule has 3 heterocycles. The van der Waals surface area contributed by atoms with E-state index >= 15 is 0 Å². The first-order valence-electron chi connectivity index (χ1n) is 11.5. The quantitative estimate of drug-likeness (QED) is 0.498. The van der Waals surface area contributed by atoms with Crippen LogP contribution in [-0.4, -0.2) is 52.0 Å². The molecule has 2 unspecified atom stereocenters. The molecule has 2 atom stereocenters. The number of alkyl halides is 3. The molecule has 1 saturated carbocycles. The van der Waals surface area contributed by atoms with Gasteiger partial charge in [-0.2, -0.15) is 13.2 Å². The second-order valence-electron chi connectivity index (χ2n) is 9.22. The molecule has 1 aliphatic heterocycles. The average Bonchev–Trinajstić information content (AvgIpc) is 3.56. The van der Waals surface area contributed by atoms with Crippen molar-refractivity contribution in [2.45, 2.75) is 37.6 Å². The summed E-state index contributed by atoms with van der Waals surface area (Å²) in [6, 6.07) is 1.21. The van der Waals surface area contributed by atoms with E-state index in [0.29, 0.717) is 35.9 Å². The van der Waals surface area contributed by atoms with Gasteiger partial charge in [0.2, 0.25) is 5.43 Å². The predicted octanol–water partition coefficient (Wildman–Crippen LogP) is 3.44. The number of aromatic nitrogens is 2. The van der Waals surface area contributed by atoms with Crippen molar-refractivity contribution in [1.29, 1.82) is 0 Å². The number of β-amino-alcohol motifs (C(OH)–C–C–N with tert-alkyl or cyclic N) is 1. The topological polar surface area (TPSA) is 87.5 Å². The summed E-state index contributed by atoms with van der Waals surface area (Å²) in [7, 11) is 0. The number of aliphatic hydroxyl groups is 1. The van der Waals surface area contributed by atoms with Crippen molar-refractivity contribution < 1.29 is 36.2 Å². The van der Waals surface area contributed by atoms with E-state index in [0.717, 1.165) is 0 Å². The molecule has 1 aliphatic carbocycles. The highest BCUT2D eigenvalue weighted by molar-refractivity contribution is 5.97. The van der Waals surface area contributed by atoms with Gasteiger partial charge in [0.15, 0.2) is 17.3 Å². The molecule has 0 bridgehead atoms. The van der Waals surface area contributed by atoms with E-state index in [1.807, 2.05) is 5.32 Å². The minimum Gasteiger partial charge on any atom is -0.391 e. The lowest BCUT2D eigenvalue weighted by Crippen LogP contribution is -2.48. The van der Waals surface area contributed by atoms with Gasteiger partial charge in [-0.3, -0.25) is 14.2 Å². The van der Waals surface area contributed by atoms with Gasteiger partial charge in [-0.25, -0.2) is 18.2 Å². The number of carbonyl (C=O) groups is 1. The van der Waals surface area contributed by atoms with Gasteiger partial charge >= 0.3 is 6.18 Å². The summed E-state index contributed by atoms with van der Waals surface area (Å²) in [6.45, 7) is 0.617. The number of nitrogens with zero attached hydrogens (tertiary/aromatic N) is 3. The number of nitrogens with one attached hydrogen (secondary N) is 1. The molecule has 196 valence electrons. The normalized spacial score (nSPS) is 18.9. The average molecular weight is 526 g/mol. The summed E-state index contributed by atoms with van der Waals surface area (Å²) in [5.74, 6) is -5.95. The number of amides is 1. The Balaban J connectivity index is 1.69. The van der Waals surface area contributed by atoms with Crippen LogP contribution in [0.3, 0.4) is 0 Å². The summed E-state index contributed by atoms with van der Waals surface area (Å²) in [4.78, 5) is 32.1. The van der Waals surface area contributed by atoms with Crippen LogP contribution >= 0.6 is 0 Å². The lowest BCUT2D eigenvalue weighted by atomic mass is 10.1. The SMILES string of the molecule is O=C(NC(C1CC1)C(F)(F)F)c1cn(-c2c(F)cc(F)cc2F)c2nc(N3CCC(O)C3)ccc2c1=O. The molecule has 1 aromatic carbocycles. The molecule has 2 fully saturated rings. The number of pyridine rings is 2. The van der Waals surface area contributed by atoms with Gasteiger partial charge in [0.25, 0.3) is 5.91 Å². The molecule has 13 heteroatoms. The molecular formula is C24H20F6N4O3. The van der Waals surface area contributed by atoms with Crippen LogP contribution < -0.4 is 15.6 Å². The summed E-state index contributed by atoms with van der Waals surface area (Å²) < 4.78 is 84.3. The van der Waals surface area contributed by atoms with E-state index in [2.05, 4.69) is 4.98 Å². The van der Waals surface area contributed by atoms with Gasteiger partial charge in [0.05, 0.1) is 11.5 Å². The van der Waals surface area contributed by atoms with Crippen molar-refractivity contribution in [3.05, 3.63) is 63.7 Å². The zero-order chi connectivity index (χ0) is 26.6. The molecule has 2 aliphatic rings. The molecule has 5 rings (SSSR count). The minimum atomic E-state index is -4.77. The predicted molar refractivity (Wildman–Crippen MR) is 120 cm³/mol. The lowest BCUT2D eigenvalue weighted by molar-refractivity contribution is -0.158. The van der Waals surface area contributed by atoms with Crippen molar-refractivity contribution in [2.75, 3.05) is 18.0 Å². The molecule has 2 aromatic heterocycles. The molecule has 0 radical (unpaired) electrons. The summed E-state index contributed by atoms with van der Waals surface area (Å²) in [5, 5.41) is 11.4. The highest BCUT2D eigenvalue weighted by atomic mass is 19.4. The van der Waals surface area contributed by atoms with Crippen LogP contribution in [0.1, 0.15) is 29.6 Å². The largest absolute Gasteiger partial charge is 0.408 e. The Morgan fingerprint density at radius 2 is 1.78 bits per heavy atom. The van der Waals surface area contributed by atoms with E-state index < -0.39 is 64.3 Å². The number of fused-ring (bicyclic) bond motifs is 1. The molecule has 1 saturated heterocycles. The molecular weight excluding hydrogens is 506 g/mol. The third-order valence-corrected chi connectivity index (χ3v) is 6.52. The number of hydrogen-bond acceptors (Lipinski definition) is 5.